The summed E-state index contributed by atoms with van der Waals surface area (Å²) in [6.45, 7) is 0.796. The van der Waals surface area contributed by atoms with Gasteiger partial charge in [0.25, 0.3) is 17.7 Å². The summed E-state index contributed by atoms with van der Waals surface area (Å²) in [6, 6.07) is 14.9. The molecule has 0 unspecified atom stereocenters. The van der Waals surface area contributed by atoms with E-state index in [1.165, 1.54) is 67.6 Å². The minimum absolute atomic E-state index is 0.00191. The molecule has 3 aromatic rings. The first-order valence-corrected chi connectivity index (χ1v) is 10.3. The zero-order chi connectivity index (χ0) is 25.3. The summed E-state index contributed by atoms with van der Waals surface area (Å²) in [4.78, 5) is 64.1. The Bertz CT molecular complexity index is 1400. The number of carbonyl (C=O) groups is 5. The summed E-state index contributed by atoms with van der Waals surface area (Å²) in [7, 11) is 0. The molecule has 0 atom stereocenters. The Morgan fingerprint density at radius 2 is 1.60 bits per heavy atom. The van der Waals surface area contributed by atoms with Gasteiger partial charge in [-0.25, -0.2) is 9.18 Å². The molecule has 0 fully saturated rings. The van der Waals surface area contributed by atoms with Gasteiger partial charge in [-0.1, -0.05) is 18.2 Å². The van der Waals surface area contributed by atoms with E-state index in [1.54, 1.807) is 0 Å². The van der Waals surface area contributed by atoms with Gasteiger partial charge in [0.2, 0.25) is 5.91 Å². The second-order valence-corrected chi connectivity index (χ2v) is 7.67. The largest absolute Gasteiger partial charge is 0.478 e. The third-order valence-electron chi connectivity index (χ3n) is 5.41. The van der Waals surface area contributed by atoms with Crippen LogP contribution in [-0.4, -0.2) is 46.3 Å². The van der Waals surface area contributed by atoms with Crippen molar-refractivity contribution in [1.82, 2.24) is 4.90 Å². The van der Waals surface area contributed by atoms with Crippen LogP contribution in [0.1, 0.15) is 48.4 Å². The van der Waals surface area contributed by atoms with Crippen LogP contribution in [0.25, 0.3) is 0 Å². The summed E-state index contributed by atoms with van der Waals surface area (Å²) in [6.07, 6.45) is 0. The molecule has 1 heterocycles. The molecule has 3 aromatic carbocycles. The zero-order valence-corrected chi connectivity index (χ0v) is 18.3. The van der Waals surface area contributed by atoms with E-state index in [0.717, 1.165) is 15.9 Å². The lowest BCUT2D eigenvalue weighted by Gasteiger charge is -2.26. The number of carbonyl (C=O) groups excluding carboxylic acids is 4. The molecule has 4 rings (SSSR count). The molecule has 4 amide bonds. The number of benzene rings is 3. The van der Waals surface area contributed by atoms with Gasteiger partial charge in [-0.2, -0.15) is 0 Å². The first kappa shape index (κ1) is 23.3. The van der Waals surface area contributed by atoms with Crippen LogP contribution in [0.5, 0.6) is 0 Å². The molecular weight excluding hydrogens is 457 g/mol. The van der Waals surface area contributed by atoms with Crippen LogP contribution < -0.4 is 10.2 Å². The summed E-state index contributed by atoms with van der Waals surface area (Å²) in [5.41, 5.74) is 0.162. The number of imide groups is 1. The van der Waals surface area contributed by atoms with Gasteiger partial charge in [0.15, 0.2) is 0 Å². The van der Waals surface area contributed by atoms with Gasteiger partial charge in [-0.3, -0.25) is 29.0 Å². The molecular formula is C25H18FN3O6. The molecule has 0 bridgehead atoms. The molecule has 0 radical (unpaired) electrons. The summed E-state index contributed by atoms with van der Waals surface area (Å²) in [5, 5.41) is 11.8. The van der Waals surface area contributed by atoms with Gasteiger partial charge in [-0.05, 0) is 48.5 Å². The highest BCUT2D eigenvalue weighted by Gasteiger charge is 2.37. The minimum atomic E-state index is -1.27. The Hall–Kier alpha value is -4.86. The van der Waals surface area contributed by atoms with Crippen LogP contribution in [0.4, 0.5) is 15.8 Å². The number of nitrogens with zero attached hydrogens (tertiary/aromatic N) is 2. The molecule has 0 saturated heterocycles. The molecule has 9 nitrogen and oxygen atoms in total. The van der Waals surface area contributed by atoms with Crippen molar-refractivity contribution in [1.29, 1.82) is 0 Å². The lowest BCUT2D eigenvalue weighted by molar-refractivity contribution is -0.116. The second kappa shape index (κ2) is 9.18. The van der Waals surface area contributed by atoms with Crippen LogP contribution in [0.2, 0.25) is 0 Å². The molecule has 2 N–H and O–H groups in total. The highest BCUT2D eigenvalue weighted by molar-refractivity contribution is 6.22. The normalized spacial score (nSPS) is 12.3. The number of anilines is 2. The predicted octanol–water partition coefficient (Wildman–Crippen LogP) is 3.38. The number of amides is 4. The van der Waals surface area contributed by atoms with E-state index in [2.05, 4.69) is 5.32 Å². The third kappa shape index (κ3) is 4.49. The van der Waals surface area contributed by atoms with Crippen LogP contribution in [-0.2, 0) is 4.79 Å². The maximum atomic E-state index is 13.7. The number of halogens is 1. The fraction of sp³-hybridized carbons (Fsp3) is 0.0800. The lowest BCUT2D eigenvalue weighted by atomic mass is 10.1. The Morgan fingerprint density at radius 3 is 2.26 bits per heavy atom. The molecule has 10 heteroatoms. The van der Waals surface area contributed by atoms with Gasteiger partial charge < -0.3 is 10.4 Å². The SMILES string of the molecule is CC(=O)N(CN1C(=O)c2ccc(NC(=O)c3ccccc3C(=O)O)cc2C1=O)c1cccc(F)c1. The van der Waals surface area contributed by atoms with Gasteiger partial charge >= 0.3 is 5.97 Å². The molecule has 0 aliphatic carbocycles. The Kier molecular flexibility index (Phi) is 6.11. The first-order chi connectivity index (χ1) is 16.7. The Balaban J connectivity index is 1.58. The Labute approximate surface area is 198 Å². The summed E-state index contributed by atoms with van der Waals surface area (Å²) < 4.78 is 13.7. The first-order valence-electron chi connectivity index (χ1n) is 10.3. The number of rotatable bonds is 6. The van der Waals surface area contributed by atoms with Crippen molar-refractivity contribution in [2.24, 2.45) is 0 Å². The van der Waals surface area contributed by atoms with Crippen LogP contribution in [0.15, 0.2) is 66.7 Å². The van der Waals surface area contributed by atoms with Crippen molar-refractivity contribution in [3.63, 3.8) is 0 Å². The predicted molar refractivity (Wildman–Crippen MR) is 123 cm³/mol. The average Bonchev–Trinajstić information content (AvgIpc) is 3.06. The number of fused-ring (bicyclic) bond motifs is 1. The fourth-order valence-electron chi connectivity index (χ4n) is 3.71. The number of hydrogen-bond acceptors (Lipinski definition) is 5. The number of nitrogens with one attached hydrogen (secondary N) is 1. The van der Waals surface area contributed by atoms with Gasteiger partial charge in [0, 0.05) is 18.3 Å². The molecule has 0 aromatic heterocycles. The highest BCUT2D eigenvalue weighted by atomic mass is 19.1. The quantitative estimate of drug-likeness (QED) is 0.527. The highest BCUT2D eigenvalue weighted by Crippen LogP contribution is 2.28. The third-order valence-corrected chi connectivity index (χ3v) is 5.41. The second-order valence-electron chi connectivity index (χ2n) is 7.67. The van der Waals surface area contributed by atoms with Crippen LogP contribution in [0.3, 0.4) is 0 Å². The van der Waals surface area contributed by atoms with Crippen molar-refractivity contribution in [2.75, 3.05) is 16.9 Å². The summed E-state index contributed by atoms with van der Waals surface area (Å²) >= 11 is 0. The molecule has 1 aliphatic heterocycles. The fourth-order valence-corrected chi connectivity index (χ4v) is 3.71. The van der Waals surface area contributed by atoms with Crippen LogP contribution >= 0.6 is 0 Å². The van der Waals surface area contributed by atoms with E-state index in [4.69, 9.17) is 0 Å². The number of carboxylic acid groups (broad SMARTS) is 1. The standard InChI is InChI=1S/C25H18FN3O6/c1-14(30)28(17-6-4-5-15(26)11-17)13-29-23(32)19-10-9-16(12-21(19)24(29)33)27-22(31)18-7-2-3-8-20(18)25(34)35/h2-12H,13H2,1H3,(H,27,31)(H,34,35). The van der Waals surface area contributed by atoms with E-state index in [-0.39, 0.29) is 33.6 Å². The maximum absolute atomic E-state index is 13.7. The molecule has 0 spiro atoms. The Morgan fingerprint density at radius 1 is 0.914 bits per heavy atom. The molecule has 0 saturated carbocycles. The zero-order valence-electron chi connectivity index (χ0n) is 18.3. The van der Waals surface area contributed by atoms with Crippen LogP contribution in [0, 0.1) is 5.82 Å². The van der Waals surface area contributed by atoms with Crippen molar-refractivity contribution in [3.8, 4) is 0 Å². The smallest absolute Gasteiger partial charge is 0.336 e. The topological polar surface area (TPSA) is 124 Å². The molecule has 35 heavy (non-hydrogen) atoms. The molecule has 1 aliphatic rings. The number of aromatic carboxylic acids is 1. The van der Waals surface area contributed by atoms with Gasteiger partial charge in [0.1, 0.15) is 12.5 Å². The van der Waals surface area contributed by atoms with Gasteiger partial charge in [0.05, 0.1) is 22.3 Å². The monoisotopic (exact) mass is 475 g/mol. The minimum Gasteiger partial charge on any atom is -0.478 e. The number of hydrogen-bond donors (Lipinski definition) is 2. The van der Waals surface area contributed by atoms with E-state index >= 15 is 0 Å². The van der Waals surface area contributed by atoms with Crippen molar-refractivity contribution >= 4 is 41.0 Å². The summed E-state index contributed by atoms with van der Waals surface area (Å²) in [5.74, 6) is -4.41. The molecule has 176 valence electrons. The maximum Gasteiger partial charge on any atom is 0.336 e. The lowest BCUT2D eigenvalue weighted by Crippen LogP contribution is -2.43. The van der Waals surface area contributed by atoms with E-state index in [0.29, 0.717) is 0 Å². The average molecular weight is 475 g/mol. The number of carboxylic acids is 1. The van der Waals surface area contributed by atoms with Crippen molar-refractivity contribution < 1.29 is 33.5 Å². The van der Waals surface area contributed by atoms with Crippen molar-refractivity contribution in [3.05, 3.63) is 94.8 Å². The van der Waals surface area contributed by atoms with E-state index in [9.17, 15) is 33.5 Å². The van der Waals surface area contributed by atoms with E-state index < -0.39 is 42.1 Å². The van der Waals surface area contributed by atoms with Crippen molar-refractivity contribution in [2.45, 2.75) is 6.92 Å². The van der Waals surface area contributed by atoms with E-state index in [1.807, 2.05) is 0 Å². The van der Waals surface area contributed by atoms with Gasteiger partial charge in [-0.15, -0.1) is 0 Å².